The minimum Gasteiger partial charge on any atom is -0.493 e. The molecule has 0 unspecified atom stereocenters. The summed E-state index contributed by atoms with van der Waals surface area (Å²) in [4.78, 5) is 24.9. The number of rotatable bonds is 6. The van der Waals surface area contributed by atoms with Gasteiger partial charge in [-0.2, -0.15) is 0 Å². The van der Waals surface area contributed by atoms with Crippen molar-refractivity contribution in [2.24, 2.45) is 0 Å². The van der Waals surface area contributed by atoms with Crippen LogP contribution in [-0.4, -0.2) is 33.3 Å². The number of aryl methyl sites for hydroxylation is 1. The third-order valence-electron chi connectivity index (χ3n) is 5.36. The summed E-state index contributed by atoms with van der Waals surface area (Å²) in [6.07, 6.45) is 1.30. The highest BCUT2D eigenvalue weighted by molar-refractivity contribution is 5.83. The minimum atomic E-state index is -0.311. The molecule has 7 heteroatoms. The van der Waals surface area contributed by atoms with Crippen LogP contribution in [0.2, 0.25) is 0 Å². The van der Waals surface area contributed by atoms with Gasteiger partial charge in [0, 0.05) is 18.5 Å². The van der Waals surface area contributed by atoms with Crippen LogP contribution in [0.4, 0.5) is 5.69 Å². The fraction of sp³-hybridized carbons (Fsp3) is 0.417. The largest absolute Gasteiger partial charge is 0.493 e. The molecule has 2 N–H and O–H groups in total. The Morgan fingerprint density at radius 1 is 1.06 bits per heavy atom. The summed E-state index contributed by atoms with van der Waals surface area (Å²) in [5, 5.41) is 6.21. The van der Waals surface area contributed by atoms with Gasteiger partial charge in [-0.15, -0.1) is 0 Å². The highest BCUT2D eigenvalue weighted by Crippen LogP contribution is 2.50. The van der Waals surface area contributed by atoms with Crippen LogP contribution in [0.25, 0.3) is 11.1 Å². The molecule has 0 heterocycles. The average molecular weight is 427 g/mol. The lowest BCUT2D eigenvalue weighted by molar-refractivity contribution is -0.119. The van der Waals surface area contributed by atoms with Gasteiger partial charge >= 0.3 is 0 Å². The van der Waals surface area contributed by atoms with Crippen molar-refractivity contribution >= 4 is 11.6 Å². The molecule has 1 atom stereocenters. The van der Waals surface area contributed by atoms with Gasteiger partial charge in [-0.05, 0) is 61.6 Å². The van der Waals surface area contributed by atoms with Crippen molar-refractivity contribution in [1.82, 2.24) is 5.32 Å². The first kappa shape index (κ1) is 22.5. The van der Waals surface area contributed by atoms with Crippen LogP contribution >= 0.6 is 0 Å². The molecule has 1 amide bonds. The van der Waals surface area contributed by atoms with Gasteiger partial charge in [0.1, 0.15) is 0 Å². The standard InChI is InChI=1S/C24H30N2O5/c1-13(2)25-19-10-8-16-17(12-20(19)28)18(26-14(3)27)9-7-15-11-21(29-4)23(30-5)24(31-6)22(15)16/h8,10-13,18H,7,9H2,1-6H3,(H,25,28)(H,26,27)/t18-/m1/s1. The number of hydrogen-bond acceptors (Lipinski definition) is 6. The normalized spacial score (nSPS) is 14.7. The van der Waals surface area contributed by atoms with E-state index in [4.69, 9.17) is 14.2 Å². The molecule has 0 spiro atoms. The summed E-state index contributed by atoms with van der Waals surface area (Å²) in [6.45, 7) is 5.44. The van der Waals surface area contributed by atoms with Gasteiger partial charge in [0.2, 0.25) is 17.1 Å². The number of amides is 1. The molecule has 7 nitrogen and oxygen atoms in total. The molecule has 31 heavy (non-hydrogen) atoms. The van der Waals surface area contributed by atoms with Gasteiger partial charge < -0.3 is 24.8 Å². The van der Waals surface area contributed by atoms with Crippen LogP contribution < -0.4 is 30.3 Å². The Bertz CT molecular complexity index is 1050. The highest BCUT2D eigenvalue weighted by atomic mass is 16.5. The summed E-state index contributed by atoms with van der Waals surface area (Å²) in [5.74, 6) is 1.45. The van der Waals surface area contributed by atoms with Gasteiger partial charge in [-0.3, -0.25) is 9.59 Å². The van der Waals surface area contributed by atoms with Crippen LogP contribution in [-0.2, 0) is 11.2 Å². The second-order valence-electron chi connectivity index (χ2n) is 7.89. The topological polar surface area (TPSA) is 85.9 Å². The van der Waals surface area contributed by atoms with Gasteiger partial charge in [-0.1, -0.05) is 6.07 Å². The molecule has 2 aromatic carbocycles. The first-order valence-corrected chi connectivity index (χ1v) is 10.3. The molecule has 0 aromatic heterocycles. The molecule has 0 saturated heterocycles. The summed E-state index contributed by atoms with van der Waals surface area (Å²) >= 11 is 0. The number of ether oxygens (including phenoxy) is 3. The lowest BCUT2D eigenvalue weighted by atomic mass is 9.95. The predicted octanol–water partition coefficient (Wildman–Crippen LogP) is 3.68. The monoisotopic (exact) mass is 426 g/mol. The third kappa shape index (κ3) is 4.45. The number of anilines is 1. The zero-order chi connectivity index (χ0) is 22.7. The molecule has 1 aliphatic carbocycles. The number of carbonyl (C=O) groups is 1. The maximum absolute atomic E-state index is 13.0. The van der Waals surface area contributed by atoms with Crippen LogP contribution in [0.5, 0.6) is 17.2 Å². The lowest BCUT2D eigenvalue weighted by Crippen LogP contribution is -2.26. The summed E-state index contributed by atoms with van der Waals surface area (Å²) in [7, 11) is 4.74. The maximum Gasteiger partial charge on any atom is 0.217 e. The molecule has 0 saturated carbocycles. The SMILES string of the molecule is COc1cc2c(c(OC)c1OC)-c1ccc(NC(C)C)c(=O)cc1[C@H](NC(C)=O)CC2. The van der Waals surface area contributed by atoms with Crippen LogP contribution in [0.3, 0.4) is 0 Å². The molecule has 3 rings (SSSR count). The summed E-state index contributed by atoms with van der Waals surface area (Å²) < 4.78 is 16.9. The lowest BCUT2D eigenvalue weighted by Gasteiger charge is -2.19. The van der Waals surface area contributed by atoms with Crippen molar-refractivity contribution in [1.29, 1.82) is 0 Å². The van der Waals surface area contributed by atoms with Gasteiger partial charge in [0.25, 0.3) is 0 Å². The molecule has 1 aliphatic rings. The Balaban J connectivity index is 2.38. The predicted molar refractivity (Wildman–Crippen MR) is 121 cm³/mol. The Hall–Kier alpha value is -3.22. The smallest absolute Gasteiger partial charge is 0.217 e. The Labute approximate surface area is 182 Å². The molecular weight excluding hydrogens is 396 g/mol. The molecule has 0 bridgehead atoms. The summed E-state index contributed by atoms with van der Waals surface area (Å²) in [5.41, 5.74) is 3.78. The number of carbonyl (C=O) groups excluding carboxylic acids is 1. The van der Waals surface area contributed by atoms with E-state index in [9.17, 15) is 9.59 Å². The van der Waals surface area contributed by atoms with E-state index in [-0.39, 0.29) is 23.4 Å². The maximum atomic E-state index is 13.0. The second kappa shape index (κ2) is 9.29. The number of fused-ring (bicyclic) bond motifs is 3. The average Bonchev–Trinajstić information content (AvgIpc) is 2.96. The third-order valence-corrected chi connectivity index (χ3v) is 5.36. The number of benzene rings is 1. The molecular formula is C24H30N2O5. The van der Waals surface area contributed by atoms with Crippen LogP contribution in [0.15, 0.2) is 29.1 Å². The number of nitrogens with one attached hydrogen (secondary N) is 2. The summed E-state index contributed by atoms with van der Waals surface area (Å²) in [6, 6.07) is 7.05. The van der Waals surface area contributed by atoms with E-state index >= 15 is 0 Å². The fourth-order valence-electron chi connectivity index (χ4n) is 4.14. The zero-order valence-electron chi connectivity index (χ0n) is 18.9. The molecule has 0 aliphatic heterocycles. The van der Waals surface area contributed by atoms with Gasteiger partial charge in [0.05, 0.1) is 33.1 Å². The first-order valence-electron chi connectivity index (χ1n) is 10.3. The van der Waals surface area contributed by atoms with E-state index in [0.29, 0.717) is 35.8 Å². The zero-order valence-corrected chi connectivity index (χ0v) is 18.9. The van der Waals surface area contributed by atoms with E-state index in [1.165, 1.54) is 6.92 Å². The second-order valence-corrected chi connectivity index (χ2v) is 7.89. The van der Waals surface area contributed by atoms with Crippen molar-refractivity contribution in [3.63, 3.8) is 0 Å². The van der Waals surface area contributed by atoms with Crippen LogP contribution in [0, 0.1) is 0 Å². The van der Waals surface area contributed by atoms with Crippen molar-refractivity contribution in [3.8, 4) is 28.4 Å². The molecule has 0 radical (unpaired) electrons. The fourth-order valence-corrected chi connectivity index (χ4v) is 4.14. The highest BCUT2D eigenvalue weighted by Gasteiger charge is 2.29. The van der Waals surface area contributed by atoms with E-state index in [0.717, 1.165) is 22.3 Å². The van der Waals surface area contributed by atoms with Crippen molar-refractivity contribution in [3.05, 3.63) is 45.6 Å². The molecule has 166 valence electrons. The van der Waals surface area contributed by atoms with E-state index < -0.39 is 0 Å². The Morgan fingerprint density at radius 3 is 2.35 bits per heavy atom. The first-order chi connectivity index (χ1) is 14.8. The Kier molecular flexibility index (Phi) is 6.73. The Morgan fingerprint density at radius 2 is 1.77 bits per heavy atom. The van der Waals surface area contributed by atoms with Gasteiger partial charge in [0.15, 0.2) is 11.5 Å². The van der Waals surface area contributed by atoms with E-state index in [1.807, 2.05) is 26.0 Å². The molecule has 2 aromatic rings. The van der Waals surface area contributed by atoms with E-state index in [1.54, 1.807) is 33.5 Å². The molecule has 0 fully saturated rings. The van der Waals surface area contributed by atoms with Gasteiger partial charge in [-0.25, -0.2) is 0 Å². The van der Waals surface area contributed by atoms with Crippen molar-refractivity contribution in [2.45, 2.75) is 45.7 Å². The van der Waals surface area contributed by atoms with E-state index in [2.05, 4.69) is 10.6 Å². The number of methoxy groups -OCH3 is 3. The van der Waals surface area contributed by atoms with Crippen LogP contribution in [0.1, 0.15) is 44.4 Å². The van der Waals surface area contributed by atoms with Crippen molar-refractivity contribution in [2.75, 3.05) is 26.6 Å². The minimum absolute atomic E-state index is 0.104. The quantitative estimate of drug-likeness (QED) is 0.733. The number of hydrogen-bond donors (Lipinski definition) is 2. The van der Waals surface area contributed by atoms with Crippen molar-refractivity contribution < 1.29 is 19.0 Å².